The fourth-order valence-electron chi connectivity index (χ4n) is 2.38. The average molecular weight is 286 g/mol. The van der Waals surface area contributed by atoms with E-state index in [1.54, 1.807) is 0 Å². The third-order valence-corrected chi connectivity index (χ3v) is 3.88. The maximum atomic E-state index is 4.17. The van der Waals surface area contributed by atoms with E-state index < -0.39 is 0 Å². The second kappa shape index (κ2) is 7.96. The number of aromatic nitrogens is 2. The van der Waals surface area contributed by atoms with Gasteiger partial charge in [0, 0.05) is 32.9 Å². The highest BCUT2D eigenvalue weighted by molar-refractivity contribution is 5.22. The Morgan fingerprint density at radius 3 is 2.24 bits per heavy atom. The highest BCUT2D eigenvalue weighted by atomic mass is 15.3. The smallest absolute Gasteiger partial charge is 0.0518 e. The zero-order chi connectivity index (χ0) is 15.1. The maximum absolute atomic E-state index is 4.17. The molecule has 1 N–H and O–H groups in total. The average Bonchev–Trinajstić information content (AvgIpc) is 2.92. The van der Waals surface area contributed by atoms with Crippen molar-refractivity contribution in [3.8, 4) is 0 Å². The van der Waals surface area contributed by atoms with Gasteiger partial charge in [-0.25, -0.2) is 0 Å². The number of hydrogen-bond acceptors (Lipinski definition) is 3. The van der Waals surface area contributed by atoms with Crippen molar-refractivity contribution in [1.29, 1.82) is 0 Å². The van der Waals surface area contributed by atoms with Crippen molar-refractivity contribution in [3.63, 3.8) is 0 Å². The van der Waals surface area contributed by atoms with Crippen LogP contribution in [0.15, 0.2) is 36.5 Å². The van der Waals surface area contributed by atoms with Crippen LogP contribution in [0.3, 0.4) is 0 Å². The topological polar surface area (TPSA) is 33.1 Å². The first kappa shape index (κ1) is 15.7. The molecule has 1 aromatic carbocycles. The summed E-state index contributed by atoms with van der Waals surface area (Å²) in [5, 5.41) is 7.63. The van der Waals surface area contributed by atoms with Crippen LogP contribution in [-0.4, -0.2) is 27.8 Å². The van der Waals surface area contributed by atoms with Gasteiger partial charge in [-0.2, -0.15) is 5.10 Å². The summed E-state index contributed by atoms with van der Waals surface area (Å²) in [6, 6.07) is 10.9. The highest BCUT2D eigenvalue weighted by Crippen LogP contribution is 2.08. The molecule has 21 heavy (non-hydrogen) atoms. The van der Waals surface area contributed by atoms with Gasteiger partial charge in [0.15, 0.2) is 0 Å². The molecule has 1 heterocycles. The predicted octanol–water partition coefficient (Wildman–Crippen LogP) is 2.55. The number of rotatable bonds is 8. The van der Waals surface area contributed by atoms with Crippen molar-refractivity contribution >= 4 is 0 Å². The molecule has 0 radical (unpaired) electrons. The summed E-state index contributed by atoms with van der Waals surface area (Å²) < 4.78 is 1.90. The van der Waals surface area contributed by atoms with Gasteiger partial charge in [-0.05, 0) is 30.3 Å². The summed E-state index contributed by atoms with van der Waals surface area (Å²) in [4.78, 5) is 2.43. The summed E-state index contributed by atoms with van der Waals surface area (Å²) in [5.41, 5.74) is 3.91. The maximum Gasteiger partial charge on any atom is 0.0518 e. The molecule has 2 aromatic rings. The van der Waals surface area contributed by atoms with E-state index in [2.05, 4.69) is 53.4 Å². The summed E-state index contributed by atoms with van der Waals surface area (Å²) in [6.45, 7) is 9.39. The Morgan fingerprint density at radius 2 is 1.67 bits per heavy atom. The molecule has 4 nitrogen and oxygen atoms in total. The molecule has 0 spiro atoms. The highest BCUT2D eigenvalue weighted by Gasteiger charge is 2.02. The standard InChI is InChI=1S/C17H26N4/c1-4-21(5-2)14-16-8-6-15(7-9-16)12-18-13-17-10-11-19-20(17)3/h6-11,18H,4-5,12-14H2,1-3H3. The fraction of sp³-hybridized carbons (Fsp3) is 0.471. The van der Waals surface area contributed by atoms with Gasteiger partial charge >= 0.3 is 0 Å². The van der Waals surface area contributed by atoms with Gasteiger partial charge in [0.05, 0.1) is 5.69 Å². The van der Waals surface area contributed by atoms with Crippen LogP contribution < -0.4 is 5.32 Å². The van der Waals surface area contributed by atoms with Gasteiger partial charge in [-0.15, -0.1) is 0 Å². The molecule has 0 aliphatic heterocycles. The second-order valence-electron chi connectivity index (χ2n) is 5.33. The molecule has 0 saturated carbocycles. The lowest BCUT2D eigenvalue weighted by molar-refractivity contribution is 0.296. The van der Waals surface area contributed by atoms with Crippen molar-refractivity contribution in [2.45, 2.75) is 33.5 Å². The Morgan fingerprint density at radius 1 is 1.00 bits per heavy atom. The minimum atomic E-state index is 0.845. The molecule has 0 unspecified atom stereocenters. The molecule has 2 rings (SSSR count). The van der Waals surface area contributed by atoms with Gasteiger partial charge in [0.2, 0.25) is 0 Å². The molecule has 1 aromatic heterocycles. The lowest BCUT2D eigenvalue weighted by atomic mass is 10.1. The first-order chi connectivity index (χ1) is 10.2. The van der Waals surface area contributed by atoms with Crippen LogP contribution >= 0.6 is 0 Å². The van der Waals surface area contributed by atoms with Crippen LogP contribution in [0, 0.1) is 0 Å². The Bertz CT molecular complexity index is 526. The minimum Gasteiger partial charge on any atom is -0.307 e. The molecular weight excluding hydrogens is 260 g/mol. The Balaban J connectivity index is 1.81. The van der Waals surface area contributed by atoms with Crippen molar-refractivity contribution in [2.24, 2.45) is 7.05 Å². The third kappa shape index (κ3) is 4.69. The van der Waals surface area contributed by atoms with E-state index in [0.717, 1.165) is 32.7 Å². The minimum absolute atomic E-state index is 0.845. The van der Waals surface area contributed by atoms with E-state index in [-0.39, 0.29) is 0 Å². The lowest BCUT2D eigenvalue weighted by Gasteiger charge is -2.18. The molecule has 0 amide bonds. The van der Waals surface area contributed by atoms with E-state index in [1.165, 1.54) is 16.8 Å². The van der Waals surface area contributed by atoms with Crippen LogP contribution in [0.25, 0.3) is 0 Å². The molecule has 0 aliphatic carbocycles. The SMILES string of the molecule is CCN(CC)Cc1ccc(CNCc2ccnn2C)cc1. The summed E-state index contributed by atoms with van der Waals surface area (Å²) in [5.74, 6) is 0. The van der Waals surface area contributed by atoms with Crippen molar-refractivity contribution in [3.05, 3.63) is 53.3 Å². The van der Waals surface area contributed by atoms with Gasteiger partial charge in [0.1, 0.15) is 0 Å². The summed E-state index contributed by atoms with van der Waals surface area (Å²) >= 11 is 0. The number of nitrogens with one attached hydrogen (secondary N) is 1. The zero-order valence-electron chi connectivity index (χ0n) is 13.3. The van der Waals surface area contributed by atoms with Gasteiger partial charge in [-0.1, -0.05) is 38.1 Å². The molecule has 0 atom stereocenters. The van der Waals surface area contributed by atoms with Crippen LogP contribution in [-0.2, 0) is 26.7 Å². The second-order valence-corrected chi connectivity index (χ2v) is 5.33. The van der Waals surface area contributed by atoms with E-state index in [9.17, 15) is 0 Å². The number of hydrogen-bond donors (Lipinski definition) is 1. The lowest BCUT2D eigenvalue weighted by Crippen LogP contribution is -2.22. The van der Waals surface area contributed by atoms with Crippen LogP contribution in [0.5, 0.6) is 0 Å². The molecule has 0 bridgehead atoms. The molecule has 0 aliphatic rings. The number of nitrogens with zero attached hydrogens (tertiary/aromatic N) is 3. The quantitative estimate of drug-likeness (QED) is 0.809. The Hall–Kier alpha value is -1.65. The monoisotopic (exact) mass is 286 g/mol. The predicted molar refractivity (Wildman–Crippen MR) is 86.8 cm³/mol. The van der Waals surface area contributed by atoms with E-state index in [0.29, 0.717) is 0 Å². The summed E-state index contributed by atoms with van der Waals surface area (Å²) in [7, 11) is 1.97. The van der Waals surface area contributed by atoms with Gasteiger partial charge in [-0.3, -0.25) is 9.58 Å². The molecule has 4 heteroatoms. The van der Waals surface area contributed by atoms with Crippen LogP contribution in [0.4, 0.5) is 0 Å². The van der Waals surface area contributed by atoms with Crippen molar-refractivity contribution < 1.29 is 0 Å². The van der Waals surface area contributed by atoms with Crippen LogP contribution in [0.2, 0.25) is 0 Å². The van der Waals surface area contributed by atoms with E-state index in [4.69, 9.17) is 0 Å². The molecule has 0 fully saturated rings. The van der Waals surface area contributed by atoms with Gasteiger partial charge in [0.25, 0.3) is 0 Å². The van der Waals surface area contributed by atoms with Gasteiger partial charge < -0.3 is 5.32 Å². The first-order valence-electron chi connectivity index (χ1n) is 7.70. The molecule has 114 valence electrons. The van der Waals surface area contributed by atoms with Crippen molar-refractivity contribution in [2.75, 3.05) is 13.1 Å². The Labute approximate surface area is 127 Å². The third-order valence-electron chi connectivity index (χ3n) is 3.88. The molecular formula is C17H26N4. The number of aryl methyl sites for hydroxylation is 1. The largest absolute Gasteiger partial charge is 0.307 e. The van der Waals surface area contributed by atoms with Crippen molar-refractivity contribution in [1.82, 2.24) is 20.0 Å². The van der Waals surface area contributed by atoms with Crippen LogP contribution in [0.1, 0.15) is 30.7 Å². The first-order valence-corrected chi connectivity index (χ1v) is 7.70. The Kier molecular flexibility index (Phi) is 5.96. The zero-order valence-corrected chi connectivity index (χ0v) is 13.3. The summed E-state index contributed by atoms with van der Waals surface area (Å²) in [6.07, 6.45) is 1.83. The fourth-order valence-corrected chi connectivity index (χ4v) is 2.38. The van der Waals surface area contributed by atoms with E-state index in [1.807, 2.05) is 24.0 Å². The van der Waals surface area contributed by atoms with E-state index >= 15 is 0 Å². The number of benzene rings is 1. The molecule has 0 saturated heterocycles. The normalized spacial score (nSPS) is 11.2.